The summed E-state index contributed by atoms with van der Waals surface area (Å²) in [5.74, 6) is 2.20. The lowest BCUT2D eigenvalue weighted by Crippen LogP contribution is -2.07. The first-order chi connectivity index (χ1) is 8.63. The van der Waals surface area contributed by atoms with Crippen LogP contribution in [0.15, 0.2) is 18.2 Å². The van der Waals surface area contributed by atoms with Gasteiger partial charge in [-0.05, 0) is 13.0 Å². The van der Waals surface area contributed by atoms with E-state index >= 15 is 0 Å². The van der Waals surface area contributed by atoms with Crippen molar-refractivity contribution in [3.8, 4) is 5.75 Å². The molecule has 0 bridgehead atoms. The molecular formula is C12H15ClN4O. The molecule has 5 nitrogen and oxygen atoms in total. The van der Waals surface area contributed by atoms with E-state index in [-0.39, 0.29) is 0 Å². The third kappa shape index (κ3) is 2.47. The molecule has 18 heavy (non-hydrogen) atoms. The van der Waals surface area contributed by atoms with E-state index in [1.54, 1.807) is 6.07 Å². The largest absolute Gasteiger partial charge is 0.484 e. The number of halogens is 1. The summed E-state index contributed by atoms with van der Waals surface area (Å²) in [7, 11) is 1.89. The molecule has 1 aromatic carbocycles. The minimum atomic E-state index is 0.314. The van der Waals surface area contributed by atoms with Gasteiger partial charge in [0, 0.05) is 19.2 Å². The van der Waals surface area contributed by atoms with Crippen LogP contribution in [0.4, 0.5) is 0 Å². The molecular weight excluding hydrogens is 252 g/mol. The number of rotatable bonds is 4. The molecule has 0 spiro atoms. The van der Waals surface area contributed by atoms with E-state index in [4.69, 9.17) is 22.1 Å². The number of hydrogen-bond acceptors (Lipinski definition) is 4. The molecule has 2 N–H and O–H groups in total. The Morgan fingerprint density at radius 1 is 1.39 bits per heavy atom. The Kier molecular flexibility index (Phi) is 3.84. The van der Waals surface area contributed by atoms with Gasteiger partial charge < -0.3 is 15.0 Å². The number of nitrogens with zero attached hydrogens (tertiary/aromatic N) is 3. The van der Waals surface area contributed by atoms with Crippen LogP contribution in [-0.2, 0) is 20.2 Å². The van der Waals surface area contributed by atoms with E-state index in [0.717, 1.165) is 17.2 Å². The van der Waals surface area contributed by atoms with Crippen LogP contribution >= 0.6 is 11.6 Å². The van der Waals surface area contributed by atoms with Crippen LogP contribution in [0.3, 0.4) is 0 Å². The summed E-state index contributed by atoms with van der Waals surface area (Å²) in [5, 5.41) is 8.55. The van der Waals surface area contributed by atoms with E-state index in [1.165, 1.54) is 0 Å². The van der Waals surface area contributed by atoms with Crippen LogP contribution < -0.4 is 10.5 Å². The molecule has 0 fully saturated rings. The van der Waals surface area contributed by atoms with Crippen LogP contribution in [0, 0.1) is 6.92 Å². The first-order valence-electron chi connectivity index (χ1n) is 5.58. The van der Waals surface area contributed by atoms with Crippen molar-refractivity contribution in [2.45, 2.75) is 20.1 Å². The average molecular weight is 267 g/mol. The maximum Gasteiger partial charge on any atom is 0.170 e. The fraction of sp³-hybridized carbons (Fsp3) is 0.333. The molecule has 1 heterocycles. The van der Waals surface area contributed by atoms with E-state index < -0.39 is 0 Å². The van der Waals surface area contributed by atoms with Crippen molar-refractivity contribution in [1.29, 1.82) is 0 Å². The van der Waals surface area contributed by atoms with Crippen LogP contribution in [0.5, 0.6) is 5.75 Å². The SMILES string of the molecule is Cc1nnc(COc2c(Cl)cccc2CN)n1C. The number of aromatic nitrogens is 3. The van der Waals surface area contributed by atoms with E-state index in [9.17, 15) is 0 Å². The molecule has 0 aliphatic heterocycles. The van der Waals surface area contributed by atoms with Gasteiger partial charge in [0.1, 0.15) is 18.2 Å². The Labute approximate surface area is 111 Å². The number of aryl methyl sites for hydroxylation is 1. The van der Waals surface area contributed by atoms with Crippen LogP contribution in [0.25, 0.3) is 0 Å². The highest BCUT2D eigenvalue weighted by Crippen LogP contribution is 2.28. The number of para-hydroxylation sites is 1. The second-order valence-electron chi connectivity index (χ2n) is 3.94. The van der Waals surface area contributed by atoms with E-state index in [0.29, 0.717) is 23.9 Å². The predicted molar refractivity (Wildman–Crippen MR) is 69.4 cm³/mol. The number of nitrogens with two attached hydrogens (primary N) is 1. The van der Waals surface area contributed by atoms with Gasteiger partial charge in [-0.15, -0.1) is 10.2 Å². The average Bonchev–Trinajstić information content (AvgIpc) is 2.68. The molecule has 1 aromatic heterocycles. The van der Waals surface area contributed by atoms with Gasteiger partial charge in [0.15, 0.2) is 5.82 Å². The minimum absolute atomic E-state index is 0.314. The summed E-state index contributed by atoms with van der Waals surface area (Å²) in [6.07, 6.45) is 0. The fourth-order valence-electron chi connectivity index (χ4n) is 1.59. The van der Waals surface area contributed by atoms with Gasteiger partial charge in [0.05, 0.1) is 5.02 Å². The Bertz CT molecular complexity index is 553. The highest BCUT2D eigenvalue weighted by molar-refractivity contribution is 6.32. The number of ether oxygens (including phenoxy) is 1. The van der Waals surface area contributed by atoms with Gasteiger partial charge in [0.25, 0.3) is 0 Å². The lowest BCUT2D eigenvalue weighted by atomic mass is 10.2. The molecule has 96 valence electrons. The molecule has 0 unspecified atom stereocenters. The summed E-state index contributed by atoms with van der Waals surface area (Å²) >= 11 is 6.10. The summed E-state index contributed by atoms with van der Waals surface area (Å²) in [6.45, 7) is 2.58. The minimum Gasteiger partial charge on any atom is -0.484 e. The van der Waals surface area contributed by atoms with Crippen molar-refractivity contribution in [2.75, 3.05) is 0 Å². The van der Waals surface area contributed by atoms with Crippen LogP contribution in [0.1, 0.15) is 17.2 Å². The van der Waals surface area contributed by atoms with Gasteiger partial charge in [-0.3, -0.25) is 0 Å². The molecule has 0 aliphatic carbocycles. The maximum atomic E-state index is 6.10. The molecule has 0 radical (unpaired) electrons. The maximum absolute atomic E-state index is 6.10. The second kappa shape index (κ2) is 5.37. The molecule has 0 amide bonds. The summed E-state index contributed by atoms with van der Waals surface area (Å²) in [6, 6.07) is 5.52. The van der Waals surface area contributed by atoms with Gasteiger partial charge in [-0.25, -0.2) is 0 Å². The van der Waals surface area contributed by atoms with Crippen molar-refractivity contribution in [3.63, 3.8) is 0 Å². The number of hydrogen-bond donors (Lipinski definition) is 1. The molecule has 0 saturated carbocycles. The zero-order valence-corrected chi connectivity index (χ0v) is 11.1. The van der Waals surface area contributed by atoms with Gasteiger partial charge in [0.2, 0.25) is 0 Å². The standard InChI is InChI=1S/C12H15ClN4O/c1-8-15-16-11(17(8)2)7-18-12-9(6-14)4-3-5-10(12)13/h3-5H,6-7,14H2,1-2H3. The van der Waals surface area contributed by atoms with Crippen LogP contribution in [-0.4, -0.2) is 14.8 Å². The summed E-state index contributed by atoms with van der Waals surface area (Å²) in [5.41, 5.74) is 6.53. The van der Waals surface area contributed by atoms with Crippen molar-refractivity contribution >= 4 is 11.6 Å². The summed E-state index contributed by atoms with van der Waals surface area (Å²) in [4.78, 5) is 0. The van der Waals surface area contributed by atoms with E-state index in [2.05, 4.69) is 10.2 Å². The quantitative estimate of drug-likeness (QED) is 0.917. The molecule has 2 aromatic rings. The third-order valence-electron chi connectivity index (χ3n) is 2.80. The van der Waals surface area contributed by atoms with Gasteiger partial charge in [-0.1, -0.05) is 23.7 Å². The lowest BCUT2D eigenvalue weighted by Gasteiger charge is -2.11. The smallest absolute Gasteiger partial charge is 0.170 e. The Hall–Kier alpha value is -1.59. The zero-order chi connectivity index (χ0) is 13.1. The van der Waals surface area contributed by atoms with Gasteiger partial charge >= 0.3 is 0 Å². The second-order valence-corrected chi connectivity index (χ2v) is 4.35. The zero-order valence-electron chi connectivity index (χ0n) is 10.4. The highest BCUT2D eigenvalue weighted by atomic mass is 35.5. The molecule has 0 saturated heterocycles. The van der Waals surface area contributed by atoms with Crippen molar-refractivity contribution in [2.24, 2.45) is 12.8 Å². The normalized spacial score (nSPS) is 10.7. The van der Waals surface area contributed by atoms with E-state index in [1.807, 2.05) is 30.7 Å². The first kappa shape index (κ1) is 12.9. The predicted octanol–water partition coefficient (Wildman–Crippen LogP) is 1.81. The first-order valence-corrected chi connectivity index (χ1v) is 5.96. The fourth-order valence-corrected chi connectivity index (χ4v) is 1.84. The topological polar surface area (TPSA) is 66.0 Å². The molecule has 2 rings (SSSR count). The Balaban J connectivity index is 2.18. The van der Waals surface area contributed by atoms with Crippen molar-refractivity contribution in [1.82, 2.24) is 14.8 Å². The van der Waals surface area contributed by atoms with Crippen molar-refractivity contribution in [3.05, 3.63) is 40.4 Å². The Morgan fingerprint density at radius 2 is 2.17 bits per heavy atom. The Morgan fingerprint density at radius 3 is 2.78 bits per heavy atom. The van der Waals surface area contributed by atoms with Crippen LogP contribution in [0.2, 0.25) is 5.02 Å². The number of benzene rings is 1. The van der Waals surface area contributed by atoms with Gasteiger partial charge in [-0.2, -0.15) is 0 Å². The molecule has 0 atom stereocenters. The molecule has 0 aliphatic rings. The lowest BCUT2D eigenvalue weighted by molar-refractivity contribution is 0.288. The third-order valence-corrected chi connectivity index (χ3v) is 3.09. The summed E-state index contributed by atoms with van der Waals surface area (Å²) < 4.78 is 7.58. The highest BCUT2D eigenvalue weighted by Gasteiger charge is 2.10. The molecule has 6 heteroatoms. The monoisotopic (exact) mass is 266 g/mol. The van der Waals surface area contributed by atoms with Crippen molar-refractivity contribution < 1.29 is 4.74 Å².